The molecule has 0 atom stereocenters. The molecule has 0 aliphatic heterocycles. The van der Waals surface area contributed by atoms with Crippen LogP contribution in [-0.2, 0) is 5.60 Å². The van der Waals surface area contributed by atoms with E-state index < -0.39 is 5.60 Å². The fourth-order valence-electron chi connectivity index (χ4n) is 1.87. The predicted octanol–water partition coefficient (Wildman–Crippen LogP) is 1.99. The zero-order chi connectivity index (χ0) is 11.3. The van der Waals surface area contributed by atoms with Crippen molar-refractivity contribution < 1.29 is 5.11 Å². The van der Waals surface area contributed by atoms with Gasteiger partial charge in [0.15, 0.2) is 5.65 Å². The van der Waals surface area contributed by atoms with E-state index >= 15 is 0 Å². The third kappa shape index (κ3) is 1.50. The molecule has 1 aliphatic rings. The van der Waals surface area contributed by atoms with Gasteiger partial charge in [0.05, 0.1) is 11.9 Å². The van der Waals surface area contributed by atoms with E-state index in [0.29, 0.717) is 6.04 Å². The molecule has 0 unspecified atom stereocenters. The van der Waals surface area contributed by atoms with Gasteiger partial charge >= 0.3 is 0 Å². The summed E-state index contributed by atoms with van der Waals surface area (Å²) in [5.74, 6) is 0. The third-order valence-electron chi connectivity index (χ3n) is 3.06. The molecule has 0 aromatic carbocycles. The minimum atomic E-state index is -0.857. The highest BCUT2D eigenvalue weighted by Crippen LogP contribution is 2.36. The Morgan fingerprint density at radius 1 is 1.38 bits per heavy atom. The second kappa shape index (κ2) is 3.04. The van der Waals surface area contributed by atoms with Crippen LogP contribution in [-0.4, -0.2) is 19.6 Å². The van der Waals surface area contributed by atoms with Crippen LogP contribution in [0.3, 0.4) is 0 Å². The molecule has 0 radical (unpaired) electrons. The van der Waals surface area contributed by atoms with Gasteiger partial charge in [0.2, 0.25) is 0 Å². The molecule has 1 N–H and O–H groups in total. The second-order valence-corrected chi connectivity index (χ2v) is 5.01. The van der Waals surface area contributed by atoms with E-state index in [1.165, 1.54) is 12.8 Å². The Morgan fingerprint density at radius 3 is 2.75 bits per heavy atom. The molecule has 2 aromatic rings. The maximum absolute atomic E-state index is 9.90. The second-order valence-electron chi connectivity index (χ2n) is 5.01. The van der Waals surface area contributed by atoms with E-state index in [4.69, 9.17) is 0 Å². The molecule has 0 saturated heterocycles. The van der Waals surface area contributed by atoms with E-state index in [1.54, 1.807) is 20.0 Å². The van der Waals surface area contributed by atoms with Crippen molar-refractivity contribution in [1.82, 2.24) is 14.5 Å². The molecule has 1 saturated carbocycles. The van der Waals surface area contributed by atoms with Gasteiger partial charge in [0.25, 0.3) is 0 Å². The van der Waals surface area contributed by atoms with Crippen molar-refractivity contribution in [3.8, 4) is 0 Å². The van der Waals surface area contributed by atoms with Crippen LogP contribution < -0.4 is 0 Å². The molecule has 0 spiro atoms. The summed E-state index contributed by atoms with van der Waals surface area (Å²) in [7, 11) is 0. The van der Waals surface area contributed by atoms with Crippen molar-refractivity contribution in [2.24, 2.45) is 0 Å². The Balaban J connectivity index is 2.13. The monoisotopic (exact) mass is 217 g/mol. The fourth-order valence-corrected chi connectivity index (χ4v) is 1.87. The van der Waals surface area contributed by atoms with Crippen LogP contribution >= 0.6 is 0 Å². The van der Waals surface area contributed by atoms with Crippen molar-refractivity contribution in [3.05, 3.63) is 24.2 Å². The lowest BCUT2D eigenvalue weighted by molar-refractivity contribution is 0.0784. The number of hydrogen-bond acceptors (Lipinski definition) is 3. The lowest BCUT2D eigenvalue weighted by Gasteiger charge is -2.16. The van der Waals surface area contributed by atoms with E-state index in [1.807, 2.05) is 12.4 Å². The number of aromatic nitrogens is 3. The highest BCUT2D eigenvalue weighted by molar-refractivity contribution is 5.71. The maximum atomic E-state index is 9.90. The molecule has 84 valence electrons. The highest BCUT2D eigenvalue weighted by atomic mass is 16.3. The molecule has 3 rings (SSSR count). The van der Waals surface area contributed by atoms with Gasteiger partial charge in [0.1, 0.15) is 5.52 Å². The summed E-state index contributed by atoms with van der Waals surface area (Å²) < 4.78 is 2.13. The Bertz CT molecular complexity index is 535. The molecule has 2 heterocycles. The van der Waals surface area contributed by atoms with Crippen molar-refractivity contribution in [1.29, 1.82) is 0 Å². The highest BCUT2D eigenvalue weighted by Gasteiger charge is 2.26. The van der Waals surface area contributed by atoms with Crippen LogP contribution in [0.2, 0.25) is 0 Å². The fraction of sp³-hybridized carbons (Fsp3) is 0.500. The predicted molar refractivity (Wildman–Crippen MR) is 61.0 cm³/mol. The van der Waals surface area contributed by atoms with Crippen LogP contribution in [0.5, 0.6) is 0 Å². The summed E-state index contributed by atoms with van der Waals surface area (Å²) in [4.78, 5) is 8.75. The molecule has 0 amide bonds. The van der Waals surface area contributed by atoms with E-state index in [2.05, 4.69) is 14.5 Å². The summed E-state index contributed by atoms with van der Waals surface area (Å²) in [6.07, 6.45) is 6.03. The number of nitrogens with zero attached hydrogens (tertiary/aromatic N) is 3. The Labute approximate surface area is 93.9 Å². The normalized spacial score (nSPS) is 16.9. The average molecular weight is 217 g/mol. The summed E-state index contributed by atoms with van der Waals surface area (Å²) in [5.41, 5.74) is 1.74. The summed E-state index contributed by atoms with van der Waals surface area (Å²) in [6, 6.07) is 2.51. The van der Waals surface area contributed by atoms with Gasteiger partial charge in [-0.05, 0) is 32.8 Å². The molecule has 2 aromatic heterocycles. The van der Waals surface area contributed by atoms with Gasteiger partial charge in [-0.25, -0.2) is 9.97 Å². The number of fused-ring (bicyclic) bond motifs is 1. The first-order chi connectivity index (χ1) is 7.55. The minimum Gasteiger partial charge on any atom is -0.386 e. The molecule has 0 bridgehead atoms. The van der Waals surface area contributed by atoms with Gasteiger partial charge in [-0.15, -0.1) is 0 Å². The lowest BCUT2D eigenvalue weighted by atomic mass is 10.0. The molecule has 16 heavy (non-hydrogen) atoms. The topological polar surface area (TPSA) is 50.9 Å². The standard InChI is InChI=1S/C12H15N3O/c1-12(2,16)8-5-10-11(13-6-8)15(7-14-10)9-3-4-9/h5-7,9,16H,3-4H2,1-2H3. The average Bonchev–Trinajstić information content (AvgIpc) is 2.96. The first-order valence-electron chi connectivity index (χ1n) is 5.61. The smallest absolute Gasteiger partial charge is 0.160 e. The first kappa shape index (κ1) is 9.78. The van der Waals surface area contributed by atoms with E-state index in [0.717, 1.165) is 16.7 Å². The Kier molecular flexibility index (Phi) is 1.86. The van der Waals surface area contributed by atoms with Crippen LogP contribution in [0.1, 0.15) is 38.3 Å². The number of hydrogen-bond donors (Lipinski definition) is 1. The lowest BCUT2D eigenvalue weighted by Crippen LogP contribution is -2.15. The van der Waals surface area contributed by atoms with Gasteiger partial charge in [0, 0.05) is 17.8 Å². The summed E-state index contributed by atoms with van der Waals surface area (Å²) in [6.45, 7) is 3.52. The maximum Gasteiger partial charge on any atom is 0.160 e. The number of imidazole rings is 1. The largest absolute Gasteiger partial charge is 0.386 e. The van der Waals surface area contributed by atoms with Gasteiger partial charge in [-0.1, -0.05) is 0 Å². The summed E-state index contributed by atoms with van der Waals surface area (Å²) >= 11 is 0. The molecule has 4 heteroatoms. The van der Waals surface area contributed by atoms with Gasteiger partial charge in [-0.3, -0.25) is 0 Å². The van der Waals surface area contributed by atoms with Crippen LogP contribution in [0.4, 0.5) is 0 Å². The first-order valence-corrected chi connectivity index (χ1v) is 5.61. The number of aliphatic hydroxyl groups is 1. The number of rotatable bonds is 2. The number of pyridine rings is 1. The molecule has 1 aliphatic carbocycles. The van der Waals surface area contributed by atoms with Crippen LogP contribution in [0.25, 0.3) is 11.2 Å². The molecular formula is C12H15N3O. The molecular weight excluding hydrogens is 202 g/mol. The van der Waals surface area contributed by atoms with Crippen LogP contribution in [0.15, 0.2) is 18.6 Å². The van der Waals surface area contributed by atoms with Crippen molar-refractivity contribution >= 4 is 11.2 Å². The van der Waals surface area contributed by atoms with Crippen molar-refractivity contribution in [2.75, 3.05) is 0 Å². The van der Waals surface area contributed by atoms with E-state index in [9.17, 15) is 5.11 Å². The Morgan fingerprint density at radius 2 is 2.12 bits per heavy atom. The molecule has 1 fully saturated rings. The molecule has 4 nitrogen and oxygen atoms in total. The summed E-state index contributed by atoms with van der Waals surface area (Å²) in [5, 5.41) is 9.90. The van der Waals surface area contributed by atoms with Crippen molar-refractivity contribution in [2.45, 2.75) is 38.3 Å². The van der Waals surface area contributed by atoms with Crippen LogP contribution in [0, 0.1) is 0 Å². The zero-order valence-corrected chi connectivity index (χ0v) is 9.51. The minimum absolute atomic E-state index is 0.588. The Hall–Kier alpha value is -1.42. The third-order valence-corrected chi connectivity index (χ3v) is 3.06. The van der Waals surface area contributed by atoms with E-state index in [-0.39, 0.29) is 0 Å². The quantitative estimate of drug-likeness (QED) is 0.837. The SMILES string of the molecule is CC(C)(O)c1cnc2c(c1)ncn2C1CC1. The zero-order valence-electron chi connectivity index (χ0n) is 9.51. The van der Waals surface area contributed by atoms with Gasteiger partial charge < -0.3 is 9.67 Å². The van der Waals surface area contributed by atoms with Gasteiger partial charge in [-0.2, -0.15) is 0 Å². The van der Waals surface area contributed by atoms with Crippen molar-refractivity contribution in [3.63, 3.8) is 0 Å².